The Balaban J connectivity index is 1.77. The van der Waals surface area contributed by atoms with Crippen molar-refractivity contribution in [2.45, 2.75) is 6.04 Å². The number of hydrogen-bond donors (Lipinski definition) is 0. The Hall–Kier alpha value is -1.96. The van der Waals surface area contributed by atoms with Crippen LogP contribution >= 0.6 is 34.8 Å². The quantitative estimate of drug-likeness (QED) is 0.366. The van der Waals surface area contributed by atoms with Gasteiger partial charge in [-0.3, -0.25) is 4.90 Å². The van der Waals surface area contributed by atoms with Gasteiger partial charge in [0.1, 0.15) is 11.6 Å². The van der Waals surface area contributed by atoms with Crippen molar-refractivity contribution in [2.24, 2.45) is 0 Å². The van der Waals surface area contributed by atoms with Crippen LogP contribution in [0, 0.1) is 11.6 Å². The first-order valence-corrected chi connectivity index (χ1v) is 12.9. The average molecular weight is 529 g/mol. The van der Waals surface area contributed by atoms with Gasteiger partial charge in [0, 0.05) is 40.5 Å². The maximum absolute atomic E-state index is 13.8. The van der Waals surface area contributed by atoms with Gasteiger partial charge in [0.25, 0.3) is 0 Å². The number of halogens is 5. The van der Waals surface area contributed by atoms with E-state index in [0.29, 0.717) is 26.7 Å². The van der Waals surface area contributed by atoms with Crippen LogP contribution in [-0.4, -0.2) is 32.7 Å². The largest absolute Gasteiger partial charge is 0.284 e. The van der Waals surface area contributed by atoms with Crippen molar-refractivity contribution in [3.63, 3.8) is 0 Å². The second kappa shape index (κ2) is 9.35. The molecule has 0 aliphatic carbocycles. The number of benzene rings is 3. The molecule has 0 spiro atoms. The van der Waals surface area contributed by atoms with Crippen molar-refractivity contribution in [3.05, 3.63) is 110 Å². The lowest BCUT2D eigenvalue weighted by molar-refractivity contribution is 0.203. The molecular weight excluding hydrogens is 511 g/mol. The maximum atomic E-state index is 13.8. The monoisotopic (exact) mass is 527 g/mol. The van der Waals surface area contributed by atoms with E-state index in [9.17, 15) is 17.2 Å². The van der Waals surface area contributed by atoms with Crippen molar-refractivity contribution < 1.29 is 17.2 Å². The molecule has 1 fully saturated rings. The summed E-state index contributed by atoms with van der Waals surface area (Å²) < 4.78 is 52.8. The predicted molar refractivity (Wildman–Crippen MR) is 129 cm³/mol. The molecular formula is C24H18Cl3F2NO2S. The SMILES string of the molecule is CS(=O)(=O)C(=C1CN([C@@H](c2ccc(Cl)cc2)c2ccc(Cl)cc2Cl)C1)c1cc(F)cc(F)c1. The minimum absolute atomic E-state index is 0.00258. The van der Waals surface area contributed by atoms with Crippen LogP contribution in [-0.2, 0) is 9.84 Å². The highest BCUT2D eigenvalue weighted by atomic mass is 35.5. The highest BCUT2D eigenvalue weighted by molar-refractivity contribution is 8.00. The molecule has 0 saturated carbocycles. The van der Waals surface area contributed by atoms with Crippen LogP contribution < -0.4 is 0 Å². The zero-order valence-electron chi connectivity index (χ0n) is 17.3. The van der Waals surface area contributed by atoms with E-state index >= 15 is 0 Å². The minimum atomic E-state index is -3.75. The van der Waals surface area contributed by atoms with Crippen LogP contribution in [0.4, 0.5) is 8.78 Å². The molecule has 0 radical (unpaired) electrons. The fraction of sp³-hybridized carbons (Fsp3) is 0.167. The fourth-order valence-corrected chi connectivity index (χ4v) is 5.93. The third-order valence-corrected chi connectivity index (χ3v) is 7.49. The molecule has 4 rings (SSSR count). The van der Waals surface area contributed by atoms with Crippen molar-refractivity contribution in [2.75, 3.05) is 19.3 Å². The summed E-state index contributed by atoms with van der Waals surface area (Å²) in [4.78, 5) is 1.96. The molecule has 172 valence electrons. The lowest BCUT2D eigenvalue weighted by atomic mass is 9.92. The first kappa shape index (κ1) is 24.2. The summed E-state index contributed by atoms with van der Waals surface area (Å²) in [5.74, 6) is -1.68. The maximum Gasteiger partial charge on any atom is 0.176 e. The molecule has 3 aromatic rings. The normalized spacial score (nSPS) is 15.3. The topological polar surface area (TPSA) is 37.4 Å². The summed E-state index contributed by atoms with van der Waals surface area (Å²) in [6.07, 6.45) is 1.04. The Morgan fingerprint density at radius 1 is 0.879 bits per heavy atom. The molecule has 1 heterocycles. The number of sulfone groups is 1. The molecule has 33 heavy (non-hydrogen) atoms. The Morgan fingerprint density at radius 2 is 1.45 bits per heavy atom. The Morgan fingerprint density at radius 3 is 2.00 bits per heavy atom. The van der Waals surface area contributed by atoms with Gasteiger partial charge in [0.2, 0.25) is 0 Å². The Labute approximate surface area is 206 Å². The van der Waals surface area contributed by atoms with Crippen molar-refractivity contribution in [1.82, 2.24) is 4.90 Å². The van der Waals surface area contributed by atoms with E-state index in [4.69, 9.17) is 34.8 Å². The molecule has 9 heteroatoms. The lowest BCUT2D eigenvalue weighted by Crippen LogP contribution is -2.44. The van der Waals surface area contributed by atoms with Gasteiger partial charge in [0.05, 0.1) is 10.9 Å². The molecule has 1 aliphatic rings. The third kappa shape index (κ3) is 5.26. The molecule has 1 saturated heterocycles. The van der Waals surface area contributed by atoms with E-state index in [0.717, 1.165) is 29.5 Å². The first-order valence-electron chi connectivity index (χ1n) is 9.86. The zero-order chi connectivity index (χ0) is 23.9. The van der Waals surface area contributed by atoms with E-state index in [2.05, 4.69) is 0 Å². The summed E-state index contributed by atoms with van der Waals surface area (Å²) >= 11 is 18.6. The molecule has 0 N–H and O–H groups in total. The van der Waals surface area contributed by atoms with Gasteiger partial charge < -0.3 is 0 Å². The third-order valence-electron chi connectivity index (χ3n) is 5.41. The molecule has 1 aliphatic heterocycles. The fourth-order valence-electron chi connectivity index (χ4n) is 4.09. The van der Waals surface area contributed by atoms with Gasteiger partial charge in [0.15, 0.2) is 9.84 Å². The summed E-state index contributed by atoms with van der Waals surface area (Å²) in [6.45, 7) is 0.541. The first-order chi connectivity index (χ1) is 15.5. The van der Waals surface area contributed by atoms with E-state index in [1.807, 2.05) is 23.1 Å². The van der Waals surface area contributed by atoms with E-state index in [-0.39, 0.29) is 29.6 Å². The molecule has 0 unspecified atom stereocenters. The van der Waals surface area contributed by atoms with Crippen LogP contribution in [0.1, 0.15) is 22.7 Å². The summed E-state index contributed by atoms with van der Waals surface area (Å²) in [5.41, 5.74) is 2.25. The van der Waals surface area contributed by atoms with Gasteiger partial charge >= 0.3 is 0 Å². The van der Waals surface area contributed by atoms with Crippen LogP contribution in [0.15, 0.2) is 66.2 Å². The lowest BCUT2D eigenvalue weighted by Gasteiger charge is -2.42. The standard InChI is InChI=1S/C24H18Cl3F2NO2S/c1-33(31,32)24(15-8-19(28)11-20(29)9-15)16-12-30(13-16)23(14-2-4-17(25)5-3-14)21-7-6-18(26)10-22(21)27/h2-11,23H,12-13H2,1H3/t23-/m0/s1. The van der Waals surface area contributed by atoms with Gasteiger partial charge in [-0.25, -0.2) is 17.2 Å². The van der Waals surface area contributed by atoms with Crippen molar-refractivity contribution in [3.8, 4) is 0 Å². The second-order valence-electron chi connectivity index (χ2n) is 7.89. The molecule has 0 bridgehead atoms. The molecule has 3 aromatic carbocycles. The zero-order valence-corrected chi connectivity index (χ0v) is 20.4. The van der Waals surface area contributed by atoms with Gasteiger partial charge in [-0.05, 0) is 58.7 Å². The molecule has 3 nitrogen and oxygen atoms in total. The molecule has 1 atom stereocenters. The van der Waals surface area contributed by atoms with Gasteiger partial charge in [-0.15, -0.1) is 0 Å². The molecule has 0 aromatic heterocycles. The highest BCUT2D eigenvalue weighted by Crippen LogP contribution is 2.41. The highest BCUT2D eigenvalue weighted by Gasteiger charge is 2.35. The Kier molecular flexibility index (Phi) is 6.85. The average Bonchev–Trinajstić information content (AvgIpc) is 2.66. The number of rotatable bonds is 5. The van der Waals surface area contributed by atoms with E-state index in [1.54, 1.807) is 24.3 Å². The van der Waals surface area contributed by atoms with E-state index < -0.39 is 21.5 Å². The number of nitrogens with zero attached hydrogens (tertiary/aromatic N) is 1. The van der Waals surface area contributed by atoms with Crippen LogP contribution in [0.3, 0.4) is 0 Å². The smallest absolute Gasteiger partial charge is 0.176 e. The summed E-state index contributed by atoms with van der Waals surface area (Å²) in [5, 5.41) is 1.54. The predicted octanol–water partition coefficient (Wildman–Crippen LogP) is 6.79. The van der Waals surface area contributed by atoms with Gasteiger partial charge in [-0.2, -0.15) is 0 Å². The number of likely N-dealkylation sites (tertiary alicyclic amines) is 1. The summed E-state index contributed by atoms with van der Waals surface area (Å²) in [7, 11) is -3.75. The summed E-state index contributed by atoms with van der Waals surface area (Å²) in [6, 6.07) is 15.0. The van der Waals surface area contributed by atoms with Crippen LogP contribution in [0.5, 0.6) is 0 Å². The Bertz CT molecular complexity index is 1330. The van der Waals surface area contributed by atoms with Crippen molar-refractivity contribution >= 4 is 49.5 Å². The molecule has 0 amide bonds. The minimum Gasteiger partial charge on any atom is -0.284 e. The van der Waals surface area contributed by atoms with Gasteiger partial charge in [-0.1, -0.05) is 53.0 Å². The van der Waals surface area contributed by atoms with E-state index in [1.165, 1.54) is 0 Å². The van der Waals surface area contributed by atoms with Crippen LogP contribution in [0.25, 0.3) is 4.91 Å². The van der Waals surface area contributed by atoms with Crippen LogP contribution in [0.2, 0.25) is 15.1 Å². The number of hydrogen-bond acceptors (Lipinski definition) is 3. The van der Waals surface area contributed by atoms with Crippen molar-refractivity contribution in [1.29, 1.82) is 0 Å². The second-order valence-corrected chi connectivity index (χ2v) is 11.1.